The van der Waals surface area contributed by atoms with Gasteiger partial charge in [-0.05, 0) is 59.0 Å². The van der Waals surface area contributed by atoms with Crippen molar-refractivity contribution in [2.45, 2.75) is 6.54 Å². The Bertz CT molecular complexity index is 965. The molecule has 1 amide bonds. The number of ether oxygens (including phenoxy) is 1. The Morgan fingerprint density at radius 3 is 2.38 bits per heavy atom. The predicted octanol–water partition coefficient (Wildman–Crippen LogP) is 1.77. The summed E-state index contributed by atoms with van der Waals surface area (Å²) in [6.45, 7) is 3.25. The fourth-order valence-corrected chi connectivity index (χ4v) is 3.31. The van der Waals surface area contributed by atoms with Gasteiger partial charge in [0.1, 0.15) is 11.6 Å². The topological polar surface area (TPSA) is 76.4 Å². The van der Waals surface area contributed by atoms with Crippen LogP contribution in [-0.2, 0) is 6.54 Å². The third-order valence-electron chi connectivity index (χ3n) is 4.97. The number of nitrogens with zero attached hydrogens (tertiary/aromatic N) is 6. The quantitative estimate of drug-likeness (QED) is 0.654. The van der Waals surface area contributed by atoms with Gasteiger partial charge in [0.25, 0.3) is 5.91 Å². The molecule has 150 valence electrons. The Balaban J connectivity index is 1.36. The molecule has 0 N–H and O–H groups in total. The molecule has 2 heterocycles. The highest BCUT2D eigenvalue weighted by Gasteiger charge is 2.23. The Morgan fingerprint density at radius 2 is 1.72 bits per heavy atom. The van der Waals surface area contributed by atoms with E-state index < -0.39 is 0 Å². The van der Waals surface area contributed by atoms with E-state index in [0.29, 0.717) is 36.7 Å². The average molecular weight is 396 g/mol. The van der Waals surface area contributed by atoms with Crippen LogP contribution in [0.2, 0.25) is 0 Å². The molecule has 0 spiro atoms. The molecular formula is C20H21FN6O2. The molecule has 2 aromatic carbocycles. The van der Waals surface area contributed by atoms with Crippen molar-refractivity contribution in [2.24, 2.45) is 0 Å². The molecule has 1 aliphatic rings. The smallest absolute Gasteiger partial charge is 0.253 e. The molecule has 1 saturated heterocycles. The molecule has 9 heteroatoms. The van der Waals surface area contributed by atoms with Crippen LogP contribution >= 0.6 is 0 Å². The Hall–Kier alpha value is -3.33. The molecule has 0 unspecified atom stereocenters. The van der Waals surface area contributed by atoms with Gasteiger partial charge in [0.2, 0.25) is 0 Å². The maximum atomic E-state index is 13.2. The average Bonchev–Trinajstić information content (AvgIpc) is 3.22. The van der Waals surface area contributed by atoms with Crippen LogP contribution in [0.5, 0.6) is 5.75 Å². The van der Waals surface area contributed by atoms with Crippen LogP contribution in [0.4, 0.5) is 4.39 Å². The number of hydrogen-bond acceptors (Lipinski definition) is 6. The van der Waals surface area contributed by atoms with Crippen molar-refractivity contribution in [3.05, 3.63) is 65.7 Å². The largest absolute Gasteiger partial charge is 0.497 e. The highest BCUT2D eigenvalue weighted by atomic mass is 19.1. The predicted molar refractivity (Wildman–Crippen MR) is 103 cm³/mol. The number of carbonyl (C=O) groups is 1. The zero-order valence-corrected chi connectivity index (χ0v) is 16.0. The van der Waals surface area contributed by atoms with Gasteiger partial charge in [0.05, 0.1) is 19.3 Å². The van der Waals surface area contributed by atoms with Gasteiger partial charge in [-0.25, -0.2) is 4.39 Å². The summed E-state index contributed by atoms with van der Waals surface area (Å²) < 4.78 is 19.9. The van der Waals surface area contributed by atoms with Crippen molar-refractivity contribution >= 4 is 5.91 Å². The van der Waals surface area contributed by atoms with Crippen molar-refractivity contribution in [3.63, 3.8) is 0 Å². The second-order valence-corrected chi connectivity index (χ2v) is 6.78. The van der Waals surface area contributed by atoms with Crippen LogP contribution in [0.15, 0.2) is 48.5 Å². The van der Waals surface area contributed by atoms with Gasteiger partial charge in [0.15, 0.2) is 5.82 Å². The molecule has 1 aliphatic heterocycles. The summed E-state index contributed by atoms with van der Waals surface area (Å²) in [6.07, 6.45) is 0. The molecule has 1 fully saturated rings. The van der Waals surface area contributed by atoms with Crippen molar-refractivity contribution in [3.8, 4) is 11.4 Å². The molecular weight excluding hydrogens is 375 g/mol. The lowest BCUT2D eigenvalue weighted by atomic mass is 10.1. The minimum Gasteiger partial charge on any atom is -0.497 e. The number of amides is 1. The zero-order chi connectivity index (χ0) is 20.2. The van der Waals surface area contributed by atoms with Gasteiger partial charge >= 0.3 is 0 Å². The first-order valence-electron chi connectivity index (χ1n) is 9.33. The molecule has 8 nitrogen and oxygen atoms in total. The van der Waals surface area contributed by atoms with E-state index in [1.165, 1.54) is 12.1 Å². The highest BCUT2D eigenvalue weighted by molar-refractivity contribution is 5.94. The second kappa shape index (κ2) is 8.36. The maximum absolute atomic E-state index is 13.2. The maximum Gasteiger partial charge on any atom is 0.253 e. The van der Waals surface area contributed by atoms with Gasteiger partial charge in [-0.15, -0.1) is 5.10 Å². The highest BCUT2D eigenvalue weighted by Crippen LogP contribution is 2.16. The van der Waals surface area contributed by atoms with Crippen LogP contribution in [-0.4, -0.2) is 69.2 Å². The number of carbonyl (C=O) groups excluding carboxylic acids is 1. The number of halogens is 1. The van der Waals surface area contributed by atoms with Crippen LogP contribution in [0.1, 0.15) is 16.2 Å². The SMILES string of the molecule is COc1ccc(C(=O)N2CCN(Cc3nnnn3-c3ccc(F)cc3)CC2)cc1. The fraction of sp³-hybridized carbons (Fsp3) is 0.300. The van der Waals surface area contributed by atoms with E-state index >= 15 is 0 Å². The van der Waals surface area contributed by atoms with E-state index in [9.17, 15) is 9.18 Å². The summed E-state index contributed by atoms with van der Waals surface area (Å²) in [5.74, 6) is 1.11. The molecule has 0 aliphatic carbocycles. The summed E-state index contributed by atoms with van der Waals surface area (Å²) in [5.41, 5.74) is 1.36. The van der Waals surface area contributed by atoms with Gasteiger partial charge < -0.3 is 9.64 Å². The van der Waals surface area contributed by atoms with Gasteiger partial charge in [-0.3, -0.25) is 9.69 Å². The first-order chi connectivity index (χ1) is 14.1. The first kappa shape index (κ1) is 19.0. The zero-order valence-electron chi connectivity index (χ0n) is 16.0. The number of tetrazole rings is 1. The fourth-order valence-electron chi connectivity index (χ4n) is 3.31. The van der Waals surface area contributed by atoms with Crippen LogP contribution in [0.25, 0.3) is 5.69 Å². The third-order valence-corrected chi connectivity index (χ3v) is 4.97. The molecule has 4 rings (SSSR count). The molecule has 0 bridgehead atoms. The van der Waals surface area contributed by atoms with Crippen LogP contribution in [0.3, 0.4) is 0 Å². The number of hydrogen-bond donors (Lipinski definition) is 0. The van der Waals surface area contributed by atoms with Gasteiger partial charge in [-0.2, -0.15) is 4.68 Å². The lowest BCUT2D eigenvalue weighted by Crippen LogP contribution is -2.48. The van der Waals surface area contributed by atoms with E-state index in [2.05, 4.69) is 20.4 Å². The van der Waals surface area contributed by atoms with Crippen molar-refractivity contribution in [2.75, 3.05) is 33.3 Å². The molecule has 0 atom stereocenters. The summed E-state index contributed by atoms with van der Waals surface area (Å²) in [4.78, 5) is 16.7. The number of benzene rings is 2. The number of piperazine rings is 1. The normalized spacial score (nSPS) is 14.8. The molecule has 3 aromatic rings. The summed E-state index contributed by atoms with van der Waals surface area (Å²) in [7, 11) is 1.60. The lowest BCUT2D eigenvalue weighted by Gasteiger charge is -2.34. The van der Waals surface area contributed by atoms with Crippen LogP contribution in [0, 0.1) is 5.82 Å². The standard InChI is InChI=1S/C20H21FN6O2/c1-29-18-8-2-15(3-9-18)20(28)26-12-10-25(11-13-26)14-19-22-23-24-27(19)17-6-4-16(21)5-7-17/h2-9H,10-14H2,1H3. The molecule has 1 aromatic heterocycles. The molecule has 0 saturated carbocycles. The Morgan fingerprint density at radius 1 is 1.03 bits per heavy atom. The van der Waals surface area contributed by atoms with Crippen molar-refractivity contribution < 1.29 is 13.9 Å². The third kappa shape index (κ3) is 4.24. The van der Waals surface area contributed by atoms with E-state index in [4.69, 9.17) is 4.74 Å². The first-order valence-corrected chi connectivity index (χ1v) is 9.33. The van der Waals surface area contributed by atoms with Crippen molar-refractivity contribution in [1.82, 2.24) is 30.0 Å². The van der Waals surface area contributed by atoms with Crippen molar-refractivity contribution in [1.29, 1.82) is 0 Å². The van der Waals surface area contributed by atoms with Crippen LogP contribution < -0.4 is 4.74 Å². The van der Waals surface area contributed by atoms with Gasteiger partial charge in [-0.1, -0.05) is 0 Å². The number of rotatable bonds is 5. The lowest BCUT2D eigenvalue weighted by molar-refractivity contribution is 0.0624. The second-order valence-electron chi connectivity index (χ2n) is 6.78. The summed E-state index contributed by atoms with van der Waals surface area (Å²) >= 11 is 0. The van der Waals surface area contributed by atoms with Gasteiger partial charge in [0, 0.05) is 31.7 Å². The van der Waals surface area contributed by atoms with E-state index in [1.807, 2.05) is 4.90 Å². The van der Waals surface area contributed by atoms with E-state index in [0.717, 1.165) is 18.8 Å². The molecule has 29 heavy (non-hydrogen) atoms. The number of aromatic nitrogens is 4. The Kier molecular flexibility index (Phi) is 5.48. The number of methoxy groups -OCH3 is 1. The molecule has 0 radical (unpaired) electrons. The minimum absolute atomic E-state index is 0.0171. The summed E-state index contributed by atoms with van der Waals surface area (Å²) in [5, 5.41) is 11.9. The summed E-state index contributed by atoms with van der Waals surface area (Å²) in [6, 6.07) is 13.2. The van der Waals surface area contributed by atoms with E-state index in [1.54, 1.807) is 48.2 Å². The monoisotopic (exact) mass is 396 g/mol. The van der Waals surface area contributed by atoms with E-state index in [-0.39, 0.29) is 11.7 Å². The Labute approximate surface area is 167 Å². The minimum atomic E-state index is -0.305.